The average molecular weight is 341 g/mol. The quantitative estimate of drug-likeness (QED) is 0.796. The van der Waals surface area contributed by atoms with E-state index in [1.807, 2.05) is 36.1 Å². The number of aliphatic hydroxyl groups is 1. The van der Waals surface area contributed by atoms with Gasteiger partial charge in [0.2, 0.25) is 0 Å². The van der Waals surface area contributed by atoms with Gasteiger partial charge in [0, 0.05) is 19.5 Å². The molecule has 5 nitrogen and oxygen atoms in total. The minimum Gasteiger partial charge on any atom is -0.506 e. The first-order valence-corrected chi connectivity index (χ1v) is 8.45. The number of carbonyl (C=O) groups is 1. The molecular formula is C20H23NO4. The fraction of sp³-hybridized carbons (Fsp3) is 0.350. The van der Waals surface area contributed by atoms with Gasteiger partial charge in [-0.3, -0.25) is 0 Å². The Morgan fingerprint density at radius 3 is 2.36 bits per heavy atom. The second-order valence-corrected chi connectivity index (χ2v) is 6.88. The van der Waals surface area contributed by atoms with Crippen LogP contribution in [0, 0.1) is 6.92 Å². The SMILES string of the molecule is Cc1ccc(CC2(O)CCN(c3cc(C(=O)O)ccc3O)CC2)cc1. The van der Waals surface area contributed by atoms with Gasteiger partial charge in [0.25, 0.3) is 0 Å². The summed E-state index contributed by atoms with van der Waals surface area (Å²) >= 11 is 0. The molecule has 2 aromatic carbocycles. The first kappa shape index (κ1) is 17.3. The summed E-state index contributed by atoms with van der Waals surface area (Å²) in [6, 6.07) is 12.5. The molecule has 0 aromatic heterocycles. The highest BCUT2D eigenvalue weighted by atomic mass is 16.4. The van der Waals surface area contributed by atoms with Crippen molar-refractivity contribution in [2.45, 2.75) is 31.8 Å². The van der Waals surface area contributed by atoms with Crippen LogP contribution in [-0.2, 0) is 6.42 Å². The Bertz CT molecular complexity index is 762. The summed E-state index contributed by atoms with van der Waals surface area (Å²) in [4.78, 5) is 13.1. The van der Waals surface area contributed by atoms with Crippen LogP contribution in [0.2, 0.25) is 0 Å². The number of carboxylic acids is 1. The second-order valence-electron chi connectivity index (χ2n) is 6.88. The zero-order valence-corrected chi connectivity index (χ0v) is 14.3. The van der Waals surface area contributed by atoms with Crippen molar-refractivity contribution in [3.8, 4) is 5.75 Å². The van der Waals surface area contributed by atoms with Crippen LogP contribution in [0.1, 0.15) is 34.3 Å². The number of hydrogen-bond acceptors (Lipinski definition) is 4. The van der Waals surface area contributed by atoms with E-state index >= 15 is 0 Å². The van der Waals surface area contributed by atoms with E-state index in [1.54, 1.807) is 0 Å². The summed E-state index contributed by atoms with van der Waals surface area (Å²) in [5.74, 6) is -0.955. The van der Waals surface area contributed by atoms with Gasteiger partial charge >= 0.3 is 5.97 Å². The third-order valence-corrected chi connectivity index (χ3v) is 4.91. The van der Waals surface area contributed by atoms with E-state index in [4.69, 9.17) is 5.11 Å². The van der Waals surface area contributed by atoms with Crippen molar-refractivity contribution in [2.24, 2.45) is 0 Å². The summed E-state index contributed by atoms with van der Waals surface area (Å²) in [5, 5.41) is 30.1. The molecule has 5 heteroatoms. The number of hydrogen-bond donors (Lipinski definition) is 3. The number of aromatic hydroxyl groups is 1. The maximum atomic E-state index is 11.1. The molecule has 0 spiro atoms. The third kappa shape index (κ3) is 3.94. The standard InChI is InChI=1S/C20H23NO4/c1-14-2-4-15(5-3-14)13-20(25)8-10-21(11-9-20)17-12-16(19(23)24)6-7-18(17)22/h2-7,12,22,25H,8-11,13H2,1H3,(H,23,24). The Balaban J connectivity index is 1.70. The number of phenolic OH excluding ortho intramolecular Hbond substituents is 1. The summed E-state index contributed by atoms with van der Waals surface area (Å²) in [6.07, 6.45) is 1.73. The van der Waals surface area contributed by atoms with Crippen LogP contribution in [0.4, 0.5) is 5.69 Å². The van der Waals surface area contributed by atoms with Crippen LogP contribution >= 0.6 is 0 Å². The second kappa shape index (κ2) is 6.76. The Morgan fingerprint density at radius 2 is 1.76 bits per heavy atom. The highest BCUT2D eigenvalue weighted by Crippen LogP contribution is 2.34. The molecule has 0 atom stereocenters. The number of phenols is 1. The van der Waals surface area contributed by atoms with Crippen LogP contribution in [0.3, 0.4) is 0 Å². The number of carboxylic acid groups (broad SMARTS) is 1. The zero-order chi connectivity index (χ0) is 18.0. The van der Waals surface area contributed by atoms with Gasteiger partial charge in [0.1, 0.15) is 5.75 Å². The van der Waals surface area contributed by atoms with Gasteiger partial charge < -0.3 is 20.2 Å². The minimum absolute atomic E-state index is 0.0639. The summed E-state index contributed by atoms with van der Waals surface area (Å²) in [5.41, 5.74) is 2.19. The Labute approximate surface area is 147 Å². The van der Waals surface area contributed by atoms with Crippen molar-refractivity contribution < 1.29 is 20.1 Å². The van der Waals surface area contributed by atoms with Gasteiger partial charge in [0.05, 0.1) is 16.9 Å². The highest BCUT2D eigenvalue weighted by molar-refractivity contribution is 5.89. The lowest BCUT2D eigenvalue weighted by Crippen LogP contribution is -2.45. The Morgan fingerprint density at radius 1 is 1.12 bits per heavy atom. The largest absolute Gasteiger partial charge is 0.506 e. The van der Waals surface area contributed by atoms with Crippen molar-refractivity contribution in [1.82, 2.24) is 0 Å². The minimum atomic E-state index is -1.02. The molecule has 0 saturated carbocycles. The lowest BCUT2D eigenvalue weighted by molar-refractivity contribution is 0.0164. The molecule has 0 radical (unpaired) electrons. The van der Waals surface area contributed by atoms with Gasteiger partial charge in [-0.2, -0.15) is 0 Å². The van der Waals surface area contributed by atoms with E-state index in [0.717, 1.165) is 5.56 Å². The lowest BCUT2D eigenvalue weighted by Gasteiger charge is -2.39. The molecular weight excluding hydrogens is 318 g/mol. The molecule has 132 valence electrons. The van der Waals surface area contributed by atoms with Crippen LogP contribution in [0.25, 0.3) is 0 Å². The molecule has 3 N–H and O–H groups in total. The van der Waals surface area contributed by atoms with Gasteiger partial charge in [-0.15, -0.1) is 0 Å². The highest BCUT2D eigenvalue weighted by Gasteiger charge is 2.33. The predicted molar refractivity (Wildman–Crippen MR) is 96.3 cm³/mol. The first-order valence-electron chi connectivity index (χ1n) is 8.45. The van der Waals surface area contributed by atoms with Crippen molar-refractivity contribution >= 4 is 11.7 Å². The maximum Gasteiger partial charge on any atom is 0.335 e. The number of nitrogens with zero attached hydrogens (tertiary/aromatic N) is 1. The van der Waals surface area contributed by atoms with E-state index in [2.05, 4.69) is 0 Å². The number of aromatic carboxylic acids is 1. The number of rotatable bonds is 4. The van der Waals surface area contributed by atoms with Gasteiger partial charge in [-0.1, -0.05) is 29.8 Å². The summed E-state index contributed by atoms with van der Waals surface area (Å²) < 4.78 is 0. The van der Waals surface area contributed by atoms with Gasteiger partial charge in [0.15, 0.2) is 0 Å². The van der Waals surface area contributed by atoms with Crippen LogP contribution in [0.15, 0.2) is 42.5 Å². The number of aryl methyl sites for hydroxylation is 1. The lowest BCUT2D eigenvalue weighted by atomic mass is 9.85. The first-order chi connectivity index (χ1) is 11.9. The molecule has 0 amide bonds. The van der Waals surface area contributed by atoms with E-state index in [-0.39, 0.29) is 11.3 Å². The van der Waals surface area contributed by atoms with E-state index < -0.39 is 11.6 Å². The summed E-state index contributed by atoms with van der Waals surface area (Å²) in [7, 11) is 0. The van der Waals surface area contributed by atoms with Crippen LogP contribution in [0.5, 0.6) is 5.75 Å². The van der Waals surface area contributed by atoms with Crippen molar-refractivity contribution in [1.29, 1.82) is 0 Å². The zero-order valence-electron chi connectivity index (χ0n) is 14.3. The fourth-order valence-corrected chi connectivity index (χ4v) is 3.34. The van der Waals surface area contributed by atoms with Crippen molar-refractivity contribution in [3.63, 3.8) is 0 Å². The predicted octanol–water partition coefficient (Wildman–Crippen LogP) is 2.97. The number of benzene rings is 2. The van der Waals surface area contributed by atoms with Crippen LogP contribution in [-0.4, -0.2) is 40.0 Å². The molecule has 1 aliphatic rings. The Hall–Kier alpha value is -2.53. The van der Waals surface area contributed by atoms with E-state index in [9.17, 15) is 15.0 Å². The summed E-state index contributed by atoms with van der Waals surface area (Å²) in [6.45, 7) is 3.17. The number of anilines is 1. The molecule has 25 heavy (non-hydrogen) atoms. The van der Waals surface area contributed by atoms with E-state index in [0.29, 0.717) is 38.0 Å². The van der Waals surface area contributed by atoms with Crippen molar-refractivity contribution in [3.05, 3.63) is 59.2 Å². The van der Waals surface area contributed by atoms with Gasteiger partial charge in [-0.25, -0.2) is 4.79 Å². The monoisotopic (exact) mass is 341 g/mol. The topological polar surface area (TPSA) is 81.0 Å². The molecule has 0 bridgehead atoms. The number of piperidine rings is 1. The van der Waals surface area contributed by atoms with Gasteiger partial charge in [-0.05, 0) is 43.5 Å². The fourth-order valence-electron chi connectivity index (χ4n) is 3.34. The third-order valence-electron chi connectivity index (χ3n) is 4.91. The van der Waals surface area contributed by atoms with Crippen LogP contribution < -0.4 is 4.90 Å². The average Bonchev–Trinajstić information content (AvgIpc) is 2.58. The maximum absolute atomic E-state index is 11.1. The molecule has 1 heterocycles. The molecule has 1 fully saturated rings. The molecule has 0 aliphatic carbocycles. The molecule has 1 aliphatic heterocycles. The smallest absolute Gasteiger partial charge is 0.335 e. The molecule has 0 unspecified atom stereocenters. The molecule has 2 aromatic rings. The Kier molecular flexibility index (Phi) is 4.68. The molecule has 1 saturated heterocycles. The normalized spacial score (nSPS) is 16.6. The van der Waals surface area contributed by atoms with Crippen molar-refractivity contribution in [2.75, 3.05) is 18.0 Å². The van der Waals surface area contributed by atoms with E-state index in [1.165, 1.54) is 23.8 Å². The molecule has 3 rings (SSSR count).